The molecule has 0 spiro atoms. The number of rotatable bonds is 7. The Bertz CT molecular complexity index is 657. The average molecular weight is 447 g/mol. The summed E-state index contributed by atoms with van der Waals surface area (Å²) in [5.74, 6) is 0.557. The highest BCUT2D eigenvalue weighted by atomic mass is 79.9. The number of halogens is 2. The van der Waals surface area contributed by atoms with E-state index >= 15 is 0 Å². The Morgan fingerprint density at radius 3 is 2.60 bits per heavy atom. The van der Waals surface area contributed by atoms with Crippen molar-refractivity contribution in [2.45, 2.75) is 56.1 Å². The maximum Gasteiger partial charge on any atom is 0.136 e. The Labute approximate surface area is 165 Å². The minimum Gasteiger partial charge on any atom is -0.598 e. The van der Waals surface area contributed by atoms with Crippen LogP contribution in [0.4, 0.5) is 4.39 Å². The van der Waals surface area contributed by atoms with Crippen molar-refractivity contribution < 1.29 is 8.94 Å². The second-order valence-corrected chi connectivity index (χ2v) is 11.6. The lowest BCUT2D eigenvalue weighted by molar-refractivity contribution is 0.441. The molecule has 0 aromatic heterocycles. The first kappa shape index (κ1) is 21.0. The maximum atomic E-state index is 14.6. The molecule has 1 saturated carbocycles. The van der Waals surface area contributed by atoms with Crippen LogP contribution in [0.2, 0.25) is 0 Å². The fraction of sp³-hybridized carbons (Fsp3) is 0.611. The molecule has 1 aromatic carbocycles. The summed E-state index contributed by atoms with van der Waals surface area (Å²) in [6.45, 7) is 7.49. The molecule has 7 heteroatoms. The van der Waals surface area contributed by atoms with Gasteiger partial charge in [0.05, 0.1) is 16.9 Å². The average Bonchev–Trinajstić information content (AvgIpc) is 3.34. The minimum absolute atomic E-state index is 0.0978. The Balaban J connectivity index is 2.29. The first-order chi connectivity index (χ1) is 11.6. The second-order valence-electron chi connectivity index (χ2n) is 7.64. The molecule has 3 atom stereocenters. The number of nitriles is 1. The summed E-state index contributed by atoms with van der Waals surface area (Å²) in [5, 5.41) is 9.28. The van der Waals surface area contributed by atoms with E-state index in [0.717, 1.165) is 17.3 Å². The van der Waals surface area contributed by atoms with Crippen LogP contribution >= 0.6 is 27.7 Å². The van der Waals surface area contributed by atoms with Gasteiger partial charge in [-0.15, -0.1) is 16.5 Å². The highest BCUT2D eigenvalue weighted by Crippen LogP contribution is 2.41. The van der Waals surface area contributed by atoms with E-state index in [2.05, 4.69) is 26.7 Å². The molecule has 0 heterocycles. The van der Waals surface area contributed by atoms with Gasteiger partial charge in [0, 0.05) is 27.2 Å². The van der Waals surface area contributed by atoms with Crippen molar-refractivity contribution in [1.29, 1.82) is 5.26 Å². The topological polar surface area (TPSA) is 58.9 Å². The molecular formula is C18H24BrFN2OS2. The van der Waals surface area contributed by atoms with Crippen LogP contribution in [0.15, 0.2) is 22.7 Å². The zero-order valence-electron chi connectivity index (χ0n) is 14.9. The highest BCUT2D eigenvalue weighted by Gasteiger charge is 2.41. The molecule has 1 fully saturated rings. The lowest BCUT2D eigenvalue weighted by atomic mass is 9.95. The predicted octanol–water partition coefficient (Wildman–Crippen LogP) is 4.89. The summed E-state index contributed by atoms with van der Waals surface area (Å²) in [7, 11) is 0. The molecule has 1 aliphatic carbocycles. The standard InChI is InChI=1S/C18H24BrFN2OS2/c1-17(2,3)25(23)22-18(4,11-24-16(10-21)12-5-6-12)14-9-13(19)7-8-15(14)20/h7-9,12,16,22H,5-6,11H2,1-4H3/t16?,18-,25+/m0/s1. The Hall–Kier alpha value is -0.260. The van der Waals surface area contributed by atoms with Crippen LogP contribution < -0.4 is 4.72 Å². The van der Waals surface area contributed by atoms with E-state index in [0.29, 0.717) is 17.2 Å². The number of thioether (sulfide) groups is 1. The fourth-order valence-corrected chi connectivity index (χ4v) is 5.08. The van der Waals surface area contributed by atoms with E-state index in [-0.39, 0.29) is 11.1 Å². The minimum atomic E-state index is -1.36. The van der Waals surface area contributed by atoms with Gasteiger partial charge in [-0.05, 0) is 64.7 Å². The zero-order chi connectivity index (χ0) is 18.8. The van der Waals surface area contributed by atoms with E-state index in [4.69, 9.17) is 0 Å². The van der Waals surface area contributed by atoms with Crippen LogP contribution in [-0.4, -0.2) is 20.3 Å². The third kappa shape index (κ3) is 5.61. The number of hydrogen-bond donors (Lipinski definition) is 1. The Morgan fingerprint density at radius 2 is 2.08 bits per heavy atom. The van der Waals surface area contributed by atoms with Gasteiger partial charge in [0.15, 0.2) is 0 Å². The molecule has 3 nitrogen and oxygen atoms in total. The summed E-state index contributed by atoms with van der Waals surface area (Å²) >= 11 is 3.55. The quantitative estimate of drug-likeness (QED) is 0.605. The van der Waals surface area contributed by atoms with E-state index in [9.17, 15) is 14.2 Å². The van der Waals surface area contributed by atoms with Gasteiger partial charge in [0.25, 0.3) is 0 Å². The van der Waals surface area contributed by atoms with Gasteiger partial charge < -0.3 is 4.55 Å². The lowest BCUT2D eigenvalue weighted by Gasteiger charge is -2.35. The molecule has 0 amide bonds. The molecule has 0 aliphatic heterocycles. The van der Waals surface area contributed by atoms with Gasteiger partial charge >= 0.3 is 0 Å². The first-order valence-corrected chi connectivity index (χ1v) is 11.2. The molecule has 25 heavy (non-hydrogen) atoms. The summed E-state index contributed by atoms with van der Waals surface area (Å²) in [6.07, 6.45) is 2.16. The van der Waals surface area contributed by atoms with Crippen molar-refractivity contribution in [2.24, 2.45) is 5.92 Å². The molecule has 2 rings (SSSR count). The smallest absolute Gasteiger partial charge is 0.136 e. The maximum absolute atomic E-state index is 14.6. The zero-order valence-corrected chi connectivity index (χ0v) is 18.2. The van der Waals surface area contributed by atoms with E-state index in [1.807, 2.05) is 27.7 Å². The lowest BCUT2D eigenvalue weighted by Crippen LogP contribution is -2.51. The molecule has 138 valence electrons. The fourth-order valence-electron chi connectivity index (χ4n) is 2.37. The van der Waals surface area contributed by atoms with E-state index in [1.165, 1.54) is 17.8 Å². The van der Waals surface area contributed by atoms with Crippen molar-refractivity contribution in [2.75, 3.05) is 5.75 Å². The first-order valence-electron chi connectivity index (χ1n) is 8.23. The van der Waals surface area contributed by atoms with Gasteiger partial charge in [-0.1, -0.05) is 15.9 Å². The van der Waals surface area contributed by atoms with Crippen LogP contribution in [0.25, 0.3) is 0 Å². The summed E-state index contributed by atoms with van der Waals surface area (Å²) in [5.41, 5.74) is -0.389. The number of hydrogen-bond acceptors (Lipinski definition) is 4. The second kappa shape index (κ2) is 8.18. The largest absolute Gasteiger partial charge is 0.598 e. The number of nitrogens with zero attached hydrogens (tertiary/aromatic N) is 1. The van der Waals surface area contributed by atoms with Crippen molar-refractivity contribution >= 4 is 39.1 Å². The normalized spacial score (nSPS) is 19.8. The predicted molar refractivity (Wildman–Crippen MR) is 107 cm³/mol. The third-order valence-corrected chi connectivity index (χ3v) is 7.96. The van der Waals surface area contributed by atoms with Crippen molar-refractivity contribution in [3.63, 3.8) is 0 Å². The van der Waals surface area contributed by atoms with Gasteiger partial charge in [0.1, 0.15) is 10.6 Å². The Morgan fingerprint density at radius 1 is 1.44 bits per heavy atom. The number of nitrogens with one attached hydrogen (secondary N) is 1. The highest BCUT2D eigenvalue weighted by molar-refractivity contribution is 9.10. The van der Waals surface area contributed by atoms with E-state index in [1.54, 1.807) is 12.1 Å². The summed E-state index contributed by atoms with van der Waals surface area (Å²) < 4.78 is 30.7. The molecule has 1 unspecified atom stereocenters. The molecular weight excluding hydrogens is 423 g/mol. The molecule has 0 bridgehead atoms. The molecule has 0 radical (unpaired) electrons. The van der Waals surface area contributed by atoms with Crippen molar-refractivity contribution in [3.8, 4) is 6.07 Å². The van der Waals surface area contributed by atoms with Gasteiger partial charge in [-0.2, -0.15) is 5.26 Å². The van der Waals surface area contributed by atoms with Gasteiger partial charge in [-0.3, -0.25) is 0 Å². The van der Waals surface area contributed by atoms with E-state index < -0.39 is 21.6 Å². The monoisotopic (exact) mass is 446 g/mol. The van der Waals surface area contributed by atoms with Gasteiger partial charge in [-0.25, -0.2) is 4.39 Å². The van der Waals surface area contributed by atoms with Crippen LogP contribution in [0.1, 0.15) is 46.1 Å². The van der Waals surface area contributed by atoms with Crippen LogP contribution in [0.3, 0.4) is 0 Å². The molecule has 1 aliphatic rings. The number of benzene rings is 1. The van der Waals surface area contributed by atoms with Crippen LogP contribution in [0.5, 0.6) is 0 Å². The van der Waals surface area contributed by atoms with Gasteiger partial charge in [0.2, 0.25) is 0 Å². The van der Waals surface area contributed by atoms with Crippen LogP contribution in [0, 0.1) is 23.1 Å². The molecule has 0 saturated heterocycles. The van der Waals surface area contributed by atoms with Crippen molar-refractivity contribution in [1.82, 2.24) is 4.72 Å². The SMILES string of the molecule is CC(C)(C)[S@@+]([O-])N[C@@](C)(CSC(C#N)C1CC1)c1cc(Br)ccc1F. The molecule has 1 aromatic rings. The van der Waals surface area contributed by atoms with Crippen molar-refractivity contribution in [3.05, 3.63) is 34.1 Å². The molecule has 1 N–H and O–H groups in total. The summed E-state index contributed by atoms with van der Waals surface area (Å²) in [6, 6.07) is 7.14. The summed E-state index contributed by atoms with van der Waals surface area (Å²) in [4.78, 5) is 0. The van der Waals surface area contributed by atoms with Crippen LogP contribution in [-0.2, 0) is 16.9 Å². The Kier molecular flexibility index (Phi) is 6.89. The third-order valence-electron chi connectivity index (χ3n) is 4.13.